The van der Waals surface area contributed by atoms with Gasteiger partial charge in [-0.05, 0) is 62.7 Å². The van der Waals surface area contributed by atoms with Crippen molar-refractivity contribution in [1.29, 1.82) is 0 Å². The first-order valence-electron chi connectivity index (χ1n) is 9.13. The summed E-state index contributed by atoms with van der Waals surface area (Å²) in [6.07, 6.45) is 2.67. The molecule has 0 bridgehead atoms. The summed E-state index contributed by atoms with van der Waals surface area (Å²) in [5.74, 6) is -0.522. The van der Waals surface area contributed by atoms with E-state index in [1.54, 1.807) is 49.4 Å². The average Bonchev–Trinajstić information content (AvgIpc) is 2.68. The summed E-state index contributed by atoms with van der Waals surface area (Å²) in [6.45, 7) is 5.07. The molecule has 0 atom stereocenters. The van der Waals surface area contributed by atoms with E-state index in [9.17, 15) is 18.0 Å². The number of benzene rings is 2. The Kier molecular flexibility index (Phi) is 5.98. The van der Waals surface area contributed by atoms with Crippen LogP contribution in [0.25, 0.3) is 0 Å². The number of nitrogens with zero attached hydrogens (tertiary/aromatic N) is 1. The van der Waals surface area contributed by atoms with E-state index >= 15 is 0 Å². The third kappa shape index (κ3) is 4.90. The van der Waals surface area contributed by atoms with Gasteiger partial charge in [0, 0.05) is 17.4 Å². The van der Waals surface area contributed by atoms with Gasteiger partial charge in [-0.3, -0.25) is 19.3 Å². The summed E-state index contributed by atoms with van der Waals surface area (Å²) < 4.78 is 27.9. The van der Waals surface area contributed by atoms with E-state index in [2.05, 4.69) is 15.0 Å². The smallest absolute Gasteiger partial charge is 0.262 e. The molecule has 154 valence electrons. The lowest BCUT2D eigenvalue weighted by Crippen LogP contribution is -2.16. The van der Waals surface area contributed by atoms with Crippen LogP contribution in [-0.2, 0) is 10.0 Å². The number of hydrogen-bond donors (Lipinski definition) is 2. The van der Waals surface area contributed by atoms with Gasteiger partial charge in [-0.15, -0.1) is 0 Å². The molecule has 0 aliphatic carbocycles. The highest BCUT2D eigenvalue weighted by molar-refractivity contribution is 7.92. The summed E-state index contributed by atoms with van der Waals surface area (Å²) in [4.78, 5) is 28.0. The van der Waals surface area contributed by atoms with Gasteiger partial charge in [0.05, 0.1) is 22.3 Å². The fourth-order valence-corrected chi connectivity index (χ4v) is 4.18. The Labute approximate surface area is 175 Å². The number of hydrogen-bond acceptors (Lipinski definition) is 5. The molecule has 2 N–H and O–H groups in total. The number of amides is 1. The molecule has 3 aromatic rings. The predicted molar refractivity (Wildman–Crippen MR) is 115 cm³/mol. The number of anilines is 2. The second-order valence-corrected chi connectivity index (χ2v) is 8.58. The Balaban J connectivity index is 1.78. The summed E-state index contributed by atoms with van der Waals surface area (Å²) >= 11 is 0. The number of carbonyl (C=O) groups is 2. The maximum atomic E-state index is 12.7. The third-order valence-electron chi connectivity index (χ3n) is 4.42. The number of Topliss-reactive ketones (excluding diaryl/α,β-unsaturated/α-hetero) is 1. The van der Waals surface area contributed by atoms with Crippen molar-refractivity contribution in [2.24, 2.45) is 0 Å². The van der Waals surface area contributed by atoms with Crippen LogP contribution in [0.3, 0.4) is 0 Å². The van der Waals surface area contributed by atoms with Gasteiger partial charge >= 0.3 is 0 Å². The van der Waals surface area contributed by atoms with Crippen molar-refractivity contribution in [1.82, 2.24) is 4.98 Å². The predicted octanol–water partition coefficient (Wildman–Crippen LogP) is 3.95. The molecule has 3 rings (SSSR count). The fourth-order valence-electron chi connectivity index (χ4n) is 2.92. The molecule has 1 heterocycles. The number of rotatable bonds is 6. The van der Waals surface area contributed by atoms with Gasteiger partial charge in [0.25, 0.3) is 15.9 Å². The van der Waals surface area contributed by atoms with Crippen molar-refractivity contribution in [3.05, 3.63) is 83.2 Å². The molecule has 0 aliphatic rings. The molecule has 1 aromatic heterocycles. The highest BCUT2D eigenvalue weighted by Gasteiger charge is 2.18. The van der Waals surface area contributed by atoms with Crippen molar-refractivity contribution in [2.45, 2.75) is 25.7 Å². The number of carbonyl (C=O) groups excluding carboxylic acids is 2. The molecule has 2 aromatic carbocycles. The van der Waals surface area contributed by atoms with E-state index in [1.165, 1.54) is 25.4 Å². The van der Waals surface area contributed by atoms with E-state index in [-0.39, 0.29) is 21.9 Å². The molecule has 8 heteroatoms. The number of pyridine rings is 1. The number of aromatic nitrogens is 1. The lowest BCUT2D eigenvalue weighted by Gasteiger charge is -2.12. The highest BCUT2D eigenvalue weighted by Crippen LogP contribution is 2.21. The maximum Gasteiger partial charge on any atom is 0.262 e. The monoisotopic (exact) mass is 423 g/mol. The lowest BCUT2D eigenvalue weighted by atomic mass is 10.1. The maximum absolute atomic E-state index is 12.7. The SMILES string of the molecule is CC(=O)c1ccc(NC(=O)c2cncc(NS(=O)(=O)c3ccc(C)cc3C)c2)cc1. The summed E-state index contributed by atoms with van der Waals surface area (Å²) in [5.41, 5.74) is 2.99. The van der Waals surface area contributed by atoms with Crippen LogP contribution in [0.2, 0.25) is 0 Å². The van der Waals surface area contributed by atoms with Crippen molar-refractivity contribution in [2.75, 3.05) is 10.0 Å². The first-order valence-corrected chi connectivity index (χ1v) is 10.6. The van der Waals surface area contributed by atoms with Gasteiger partial charge in [0.15, 0.2) is 5.78 Å². The summed E-state index contributed by atoms with van der Waals surface area (Å²) in [6, 6.07) is 12.9. The molecule has 0 saturated heterocycles. The minimum atomic E-state index is -3.83. The summed E-state index contributed by atoms with van der Waals surface area (Å²) in [7, 11) is -3.83. The van der Waals surface area contributed by atoms with Gasteiger partial charge in [-0.2, -0.15) is 0 Å². The third-order valence-corrected chi connectivity index (χ3v) is 5.96. The molecule has 0 aliphatic heterocycles. The molecular weight excluding hydrogens is 402 g/mol. The summed E-state index contributed by atoms with van der Waals surface area (Å²) in [5, 5.41) is 2.69. The van der Waals surface area contributed by atoms with Crippen LogP contribution >= 0.6 is 0 Å². The van der Waals surface area contributed by atoms with Gasteiger partial charge in [-0.25, -0.2) is 8.42 Å². The number of nitrogens with one attached hydrogen (secondary N) is 2. The van der Waals surface area contributed by atoms with Crippen LogP contribution in [-0.4, -0.2) is 25.1 Å². The van der Waals surface area contributed by atoms with E-state index in [1.807, 2.05) is 6.92 Å². The molecule has 0 saturated carbocycles. The van der Waals surface area contributed by atoms with Crippen molar-refractivity contribution < 1.29 is 18.0 Å². The normalized spacial score (nSPS) is 11.0. The minimum Gasteiger partial charge on any atom is -0.322 e. The average molecular weight is 423 g/mol. The number of aryl methyl sites for hydroxylation is 2. The molecule has 30 heavy (non-hydrogen) atoms. The fraction of sp³-hybridized carbons (Fsp3) is 0.136. The van der Waals surface area contributed by atoms with Gasteiger partial charge in [-0.1, -0.05) is 17.7 Å². The largest absolute Gasteiger partial charge is 0.322 e. The zero-order valence-corrected chi connectivity index (χ0v) is 17.6. The van der Waals surface area contributed by atoms with Gasteiger partial charge < -0.3 is 5.32 Å². The second kappa shape index (κ2) is 8.46. The Morgan fingerprint density at radius 3 is 2.20 bits per heavy atom. The molecular formula is C22H21N3O4S. The second-order valence-electron chi connectivity index (χ2n) is 6.92. The van der Waals surface area contributed by atoms with Crippen molar-refractivity contribution in [3.63, 3.8) is 0 Å². The van der Waals surface area contributed by atoms with Gasteiger partial charge in [0.1, 0.15) is 0 Å². The van der Waals surface area contributed by atoms with Crippen molar-refractivity contribution >= 4 is 33.1 Å². The minimum absolute atomic E-state index is 0.0686. The number of sulfonamides is 1. The highest BCUT2D eigenvalue weighted by atomic mass is 32.2. The van der Waals surface area contributed by atoms with E-state index in [0.29, 0.717) is 16.8 Å². The van der Waals surface area contributed by atoms with Gasteiger partial charge in [0.2, 0.25) is 0 Å². The Morgan fingerprint density at radius 2 is 1.57 bits per heavy atom. The van der Waals surface area contributed by atoms with Crippen LogP contribution in [0.1, 0.15) is 38.8 Å². The topological polar surface area (TPSA) is 105 Å². The quantitative estimate of drug-likeness (QED) is 0.584. The number of ketones is 1. The lowest BCUT2D eigenvalue weighted by molar-refractivity contribution is 0.101. The van der Waals surface area contributed by atoms with E-state index < -0.39 is 15.9 Å². The van der Waals surface area contributed by atoms with E-state index in [0.717, 1.165) is 5.56 Å². The van der Waals surface area contributed by atoms with Crippen molar-refractivity contribution in [3.8, 4) is 0 Å². The van der Waals surface area contributed by atoms with Crippen LogP contribution in [0.5, 0.6) is 0 Å². The molecule has 0 radical (unpaired) electrons. The first-order chi connectivity index (χ1) is 14.2. The van der Waals surface area contributed by atoms with Crippen LogP contribution in [0.4, 0.5) is 11.4 Å². The Hall–Kier alpha value is -3.52. The van der Waals surface area contributed by atoms with E-state index in [4.69, 9.17) is 0 Å². The molecule has 7 nitrogen and oxygen atoms in total. The van der Waals surface area contributed by atoms with Crippen LogP contribution in [0.15, 0.2) is 65.8 Å². The molecule has 0 fully saturated rings. The first kappa shape index (κ1) is 21.2. The Morgan fingerprint density at radius 1 is 0.867 bits per heavy atom. The molecule has 0 unspecified atom stereocenters. The Bertz CT molecular complexity index is 1220. The zero-order valence-electron chi connectivity index (χ0n) is 16.8. The molecule has 0 spiro atoms. The van der Waals surface area contributed by atoms with Crippen LogP contribution in [0, 0.1) is 13.8 Å². The molecule has 1 amide bonds. The van der Waals surface area contributed by atoms with Crippen LogP contribution < -0.4 is 10.0 Å². The standard InChI is InChI=1S/C22H21N3O4S/c1-14-4-9-21(15(2)10-14)30(28,29)25-20-11-18(12-23-13-20)22(27)24-19-7-5-17(6-8-19)16(3)26/h4-13,25H,1-3H3,(H,24,27). The zero-order chi connectivity index (χ0) is 21.9.